The zero-order valence-corrected chi connectivity index (χ0v) is 27.2. The smallest absolute Gasteiger partial charge is 0.306 e. The first-order chi connectivity index (χ1) is 19.6. The van der Waals surface area contributed by atoms with Crippen molar-refractivity contribution in [3.8, 4) is 0 Å². The van der Waals surface area contributed by atoms with Crippen LogP contribution < -0.4 is 0 Å². The van der Waals surface area contributed by atoms with Gasteiger partial charge in [-0.25, -0.2) is 0 Å². The molecule has 4 nitrogen and oxygen atoms in total. The molecule has 0 aromatic heterocycles. The number of hydrogen-bond donors (Lipinski definition) is 1. The molecule has 1 N–H and O–H groups in total. The molecule has 0 spiro atoms. The largest absolute Gasteiger partial charge is 0.481 e. The van der Waals surface area contributed by atoms with Crippen molar-refractivity contribution in [3.63, 3.8) is 0 Å². The summed E-state index contributed by atoms with van der Waals surface area (Å²) in [6, 6.07) is 0. The second-order valence-electron chi connectivity index (χ2n) is 12.4. The van der Waals surface area contributed by atoms with Gasteiger partial charge in [0.25, 0.3) is 0 Å². The third-order valence-electron chi connectivity index (χ3n) is 8.33. The lowest BCUT2D eigenvalue weighted by Gasteiger charge is -2.18. The Bertz CT molecular complexity index is 533. The maximum atomic E-state index is 12.4. The highest BCUT2D eigenvalue weighted by atomic mass is 16.5. The lowest BCUT2D eigenvalue weighted by molar-refractivity contribution is -0.150. The monoisotopic (exact) mass is 567 g/mol. The number of carboxylic acids is 1. The number of hydrogen-bond acceptors (Lipinski definition) is 3. The molecule has 40 heavy (non-hydrogen) atoms. The molecule has 1 atom stereocenters. The Morgan fingerprint density at radius 2 is 0.775 bits per heavy atom. The highest BCUT2D eigenvalue weighted by Crippen LogP contribution is 2.18. The number of carboxylic acid groups (broad SMARTS) is 1. The van der Waals surface area contributed by atoms with Crippen molar-refractivity contribution in [2.75, 3.05) is 0 Å². The molecular weight excluding hydrogens is 496 g/mol. The fraction of sp³-hybridized carbons (Fsp3) is 0.944. The molecule has 0 aliphatic heterocycles. The predicted molar refractivity (Wildman–Crippen MR) is 172 cm³/mol. The van der Waals surface area contributed by atoms with Crippen LogP contribution in [0.2, 0.25) is 0 Å². The molecule has 0 radical (unpaired) electrons. The van der Waals surface area contributed by atoms with Crippen LogP contribution in [0.15, 0.2) is 0 Å². The molecule has 0 aromatic rings. The third-order valence-corrected chi connectivity index (χ3v) is 8.33. The van der Waals surface area contributed by atoms with Crippen molar-refractivity contribution in [3.05, 3.63) is 0 Å². The Kier molecular flexibility index (Phi) is 31.6. The molecule has 0 aliphatic carbocycles. The molecule has 4 heteroatoms. The van der Waals surface area contributed by atoms with Crippen LogP contribution in [0.5, 0.6) is 0 Å². The van der Waals surface area contributed by atoms with E-state index in [4.69, 9.17) is 9.84 Å². The summed E-state index contributed by atoms with van der Waals surface area (Å²) in [5.41, 5.74) is 0. The summed E-state index contributed by atoms with van der Waals surface area (Å²) >= 11 is 0. The highest BCUT2D eigenvalue weighted by molar-refractivity contribution is 5.69. The Hall–Kier alpha value is -1.06. The molecule has 0 rings (SSSR count). The lowest BCUT2D eigenvalue weighted by Crippen LogP contribution is -2.18. The van der Waals surface area contributed by atoms with E-state index in [1.807, 2.05) is 0 Å². The summed E-state index contributed by atoms with van der Waals surface area (Å²) in [6.07, 6.45) is 36.8. The van der Waals surface area contributed by atoms with E-state index in [0.29, 0.717) is 19.3 Å². The molecular formula is C36H70O4. The van der Waals surface area contributed by atoms with Crippen molar-refractivity contribution in [1.82, 2.24) is 0 Å². The normalized spacial score (nSPS) is 12.1. The van der Waals surface area contributed by atoms with E-state index in [1.165, 1.54) is 148 Å². The molecule has 0 heterocycles. The van der Waals surface area contributed by atoms with Gasteiger partial charge in [-0.1, -0.05) is 168 Å². The van der Waals surface area contributed by atoms with Gasteiger partial charge in [0.1, 0.15) is 6.10 Å². The van der Waals surface area contributed by atoms with E-state index in [9.17, 15) is 9.59 Å². The van der Waals surface area contributed by atoms with Crippen molar-refractivity contribution in [2.45, 2.75) is 219 Å². The van der Waals surface area contributed by atoms with Crippen molar-refractivity contribution in [2.24, 2.45) is 0 Å². The zero-order valence-electron chi connectivity index (χ0n) is 27.2. The van der Waals surface area contributed by atoms with Gasteiger partial charge in [-0.15, -0.1) is 0 Å². The Morgan fingerprint density at radius 3 is 1.15 bits per heavy atom. The minimum Gasteiger partial charge on any atom is -0.481 e. The average molecular weight is 567 g/mol. The number of aliphatic carboxylic acids is 1. The van der Waals surface area contributed by atoms with Gasteiger partial charge < -0.3 is 9.84 Å². The zero-order chi connectivity index (χ0) is 29.4. The number of ether oxygens (including phenoxy) is 1. The Balaban J connectivity index is 3.77. The van der Waals surface area contributed by atoms with Gasteiger partial charge in [0.15, 0.2) is 0 Å². The molecule has 238 valence electrons. The first kappa shape index (κ1) is 38.9. The molecule has 0 aliphatic rings. The molecule has 0 unspecified atom stereocenters. The first-order valence-corrected chi connectivity index (χ1v) is 18.0. The maximum Gasteiger partial charge on any atom is 0.306 e. The van der Waals surface area contributed by atoms with E-state index in [-0.39, 0.29) is 18.5 Å². The molecule has 0 saturated heterocycles. The SMILES string of the molecule is CCCCCCCCCCCCCCCCCC(=O)O[C@H](CCCCCCCCCCCCC)CCCC(=O)O. The Labute approximate surface area is 250 Å². The fourth-order valence-corrected chi connectivity index (χ4v) is 5.66. The standard InChI is InChI=1S/C36H70O4/c1-3-5-7-9-11-13-15-16-17-18-20-22-24-26-28-33-36(39)40-34(31-29-32-35(37)38)30-27-25-23-21-19-14-12-10-8-6-4-2/h34H,3-33H2,1-2H3,(H,37,38)/t34-/m1/s1. The van der Waals surface area contributed by atoms with Crippen molar-refractivity contribution >= 4 is 11.9 Å². The summed E-state index contributed by atoms with van der Waals surface area (Å²) in [5, 5.41) is 8.98. The molecule has 0 fully saturated rings. The van der Waals surface area contributed by atoms with Crippen LogP contribution in [0.1, 0.15) is 213 Å². The number of carbonyl (C=O) groups is 2. The highest BCUT2D eigenvalue weighted by Gasteiger charge is 2.15. The van der Waals surface area contributed by atoms with Gasteiger partial charge in [-0.3, -0.25) is 9.59 Å². The van der Waals surface area contributed by atoms with Crippen LogP contribution in [0.25, 0.3) is 0 Å². The Morgan fingerprint density at radius 1 is 0.450 bits per heavy atom. The van der Waals surface area contributed by atoms with Crippen LogP contribution in [-0.2, 0) is 14.3 Å². The molecule has 0 amide bonds. The van der Waals surface area contributed by atoms with Crippen LogP contribution in [-0.4, -0.2) is 23.1 Å². The quantitative estimate of drug-likeness (QED) is 0.0633. The minimum atomic E-state index is -0.766. The van der Waals surface area contributed by atoms with Crippen molar-refractivity contribution in [1.29, 1.82) is 0 Å². The maximum absolute atomic E-state index is 12.4. The number of carbonyl (C=O) groups excluding carboxylic acids is 1. The van der Waals surface area contributed by atoms with Crippen LogP contribution in [0.4, 0.5) is 0 Å². The van der Waals surface area contributed by atoms with E-state index >= 15 is 0 Å². The summed E-state index contributed by atoms with van der Waals surface area (Å²) in [7, 11) is 0. The molecule has 0 bridgehead atoms. The first-order valence-electron chi connectivity index (χ1n) is 18.0. The summed E-state index contributed by atoms with van der Waals surface area (Å²) < 4.78 is 5.81. The van der Waals surface area contributed by atoms with E-state index in [1.54, 1.807) is 0 Å². The fourth-order valence-electron chi connectivity index (χ4n) is 5.66. The molecule has 0 aromatic carbocycles. The van der Waals surface area contributed by atoms with Crippen LogP contribution in [0, 0.1) is 0 Å². The van der Waals surface area contributed by atoms with Gasteiger partial charge in [-0.05, 0) is 32.1 Å². The third kappa shape index (κ3) is 31.5. The van der Waals surface area contributed by atoms with Gasteiger partial charge in [0.05, 0.1) is 0 Å². The van der Waals surface area contributed by atoms with Crippen LogP contribution in [0.3, 0.4) is 0 Å². The number of esters is 1. The van der Waals surface area contributed by atoms with Gasteiger partial charge in [-0.2, -0.15) is 0 Å². The second kappa shape index (κ2) is 32.5. The average Bonchev–Trinajstić information content (AvgIpc) is 2.93. The summed E-state index contributed by atoms with van der Waals surface area (Å²) in [6.45, 7) is 4.54. The topological polar surface area (TPSA) is 63.6 Å². The summed E-state index contributed by atoms with van der Waals surface area (Å²) in [5.74, 6) is -0.851. The second-order valence-corrected chi connectivity index (χ2v) is 12.4. The number of unbranched alkanes of at least 4 members (excludes halogenated alkanes) is 24. The minimum absolute atomic E-state index is 0.0851. The van der Waals surface area contributed by atoms with Crippen LogP contribution >= 0.6 is 0 Å². The van der Waals surface area contributed by atoms with E-state index in [2.05, 4.69) is 13.8 Å². The van der Waals surface area contributed by atoms with E-state index < -0.39 is 5.97 Å². The predicted octanol–water partition coefficient (Wildman–Crippen LogP) is 12.1. The molecule has 0 saturated carbocycles. The van der Waals surface area contributed by atoms with Gasteiger partial charge in [0, 0.05) is 12.8 Å². The lowest BCUT2D eigenvalue weighted by atomic mass is 10.0. The van der Waals surface area contributed by atoms with E-state index in [0.717, 1.165) is 25.7 Å². The van der Waals surface area contributed by atoms with Gasteiger partial charge in [0.2, 0.25) is 0 Å². The number of rotatable bonds is 33. The summed E-state index contributed by atoms with van der Waals surface area (Å²) in [4.78, 5) is 23.4. The van der Waals surface area contributed by atoms with Gasteiger partial charge >= 0.3 is 11.9 Å². The van der Waals surface area contributed by atoms with Crippen molar-refractivity contribution < 1.29 is 19.4 Å².